The third-order valence-corrected chi connectivity index (χ3v) is 3.19. The lowest BCUT2D eigenvalue weighted by Crippen LogP contribution is -2.24. The molecule has 0 bridgehead atoms. The molecule has 0 aromatic carbocycles. The molecule has 0 radical (unpaired) electrons. The van der Waals surface area contributed by atoms with Crippen LogP contribution in [0.3, 0.4) is 0 Å². The lowest BCUT2D eigenvalue weighted by molar-refractivity contribution is 0.406. The third-order valence-electron chi connectivity index (χ3n) is 2.92. The number of nitrogens with zero attached hydrogens (tertiary/aromatic N) is 3. The normalized spacial score (nSPS) is 18.9. The average molecular weight is 242 g/mol. The number of hydrogen-bond donors (Lipinski definition) is 0. The van der Waals surface area contributed by atoms with Crippen LogP contribution in [0.25, 0.3) is 0 Å². The van der Waals surface area contributed by atoms with Crippen molar-refractivity contribution < 1.29 is 4.74 Å². The summed E-state index contributed by atoms with van der Waals surface area (Å²) in [6.45, 7) is 6.46. The number of ether oxygens (including phenoxy) is 1. The Morgan fingerprint density at radius 1 is 1.44 bits per heavy atom. The third kappa shape index (κ3) is 2.07. The Bertz CT molecular complexity index is 395. The summed E-state index contributed by atoms with van der Waals surface area (Å²) in [6.07, 6.45) is 2.63. The number of hydrogen-bond acceptors (Lipinski definition) is 4. The minimum Gasteiger partial charge on any atom is -0.490 e. The largest absolute Gasteiger partial charge is 0.490 e. The van der Waals surface area contributed by atoms with E-state index >= 15 is 0 Å². The SMILES string of the molecule is COc1c(Cl)ncnc1N1CCC(C)(C)C1. The number of methoxy groups -OCH3 is 1. The van der Waals surface area contributed by atoms with Crippen LogP contribution < -0.4 is 9.64 Å². The summed E-state index contributed by atoms with van der Waals surface area (Å²) in [4.78, 5) is 10.4. The van der Waals surface area contributed by atoms with Gasteiger partial charge in [0.15, 0.2) is 16.7 Å². The van der Waals surface area contributed by atoms with Crippen LogP contribution in [0.4, 0.5) is 5.82 Å². The predicted octanol–water partition coefficient (Wildman–Crippen LogP) is 2.37. The van der Waals surface area contributed by atoms with Gasteiger partial charge in [-0.15, -0.1) is 0 Å². The van der Waals surface area contributed by atoms with Crippen molar-refractivity contribution in [3.8, 4) is 5.75 Å². The molecule has 0 amide bonds. The van der Waals surface area contributed by atoms with Crippen molar-refractivity contribution >= 4 is 17.4 Å². The molecule has 1 aliphatic heterocycles. The summed E-state index contributed by atoms with van der Waals surface area (Å²) in [5.41, 5.74) is 0.322. The Morgan fingerprint density at radius 2 is 2.19 bits per heavy atom. The maximum Gasteiger partial charge on any atom is 0.199 e. The summed E-state index contributed by atoms with van der Waals surface area (Å²) in [7, 11) is 1.59. The van der Waals surface area contributed by atoms with E-state index < -0.39 is 0 Å². The van der Waals surface area contributed by atoms with Crippen molar-refractivity contribution in [1.82, 2.24) is 9.97 Å². The smallest absolute Gasteiger partial charge is 0.199 e. The lowest BCUT2D eigenvalue weighted by atomic mass is 9.93. The summed E-state index contributed by atoms with van der Waals surface area (Å²) >= 11 is 5.98. The highest BCUT2D eigenvalue weighted by atomic mass is 35.5. The van der Waals surface area contributed by atoms with Crippen LogP contribution in [0, 0.1) is 5.41 Å². The zero-order valence-corrected chi connectivity index (χ0v) is 10.6. The van der Waals surface area contributed by atoms with Gasteiger partial charge in [-0.2, -0.15) is 0 Å². The Labute approximate surface area is 101 Å². The fraction of sp³-hybridized carbons (Fsp3) is 0.636. The van der Waals surface area contributed by atoms with Crippen molar-refractivity contribution in [3.05, 3.63) is 11.5 Å². The Hall–Kier alpha value is -1.03. The predicted molar refractivity (Wildman–Crippen MR) is 64.2 cm³/mol. The molecule has 0 atom stereocenters. The van der Waals surface area contributed by atoms with Crippen LogP contribution in [-0.2, 0) is 0 Å². The van der Waals surface area contributed by atoms with E-state index in [0.29, 0.717) is 16.3 Å². The van der Waals surface area contributed by atoms with Gasteiger partial charge in [0.05, 0.1) is 7.11 Å². The minimum absolute atomic E-state index is 0.322. The lowest BCUT2D eigenvalue weighted by Gasteiger charge is -2.22. The van der Waals surface area contributed by atoms with E-state index in [9.17, 15) is 0 Å². The monoisotopic (exact) mass is 241 g/mol. The van der Waals surface area contributed by atoms with E-state index in [4.69, 9.17) is 16.3 Å². The first-order valence-electron chi connectivity index (χ1n) is 5.33. The molecule has 0 N–H and O–H groups in total. The first kappa shape index (κ1) is 11.5. The molecule has 2 heterocycles. The second kappa shape index (κ2) is 4.09. The van der Waals surface area contributed by atoms with Gasteiger partial charge in [-0.25, -0.2) is 9.97 Å². The van der Waals surface area contributed by atoms with Gasteiger partial charge in [0.1, 0.15) is 6.33 Å². The van der Waals surface area contributed by atoms with Gasteiger partial charge in [-0.1, -0.05) is 25.4 Å². The molecule has 0 aliphatic carbocycles. The zero-order chi connectivity index (χ0) is 11.8. The molecule has 4 nitrogen and oxygen atoms in total. The molecule has 1 fully saturated rings. The average Bonchev–Trinajstić information content (AvgIpc) is 2.58. The quantitative estimate of drug-likeness (QED) is 0.746. The molecule has 1 saturated heterocycles. The van der Waals surface area contributed by atoms with Crippen LogP contribution in [0.2, 0.25) is 5.15 Å². The molecule has 2 rings (SSSR count). The second-order valence-electron chi connectivity index (χ2n) is 4.86. The molecule has 0 saturated carbocycles. The topological polar surface area (TPSA) is 38.3 Å². The van der Waals surface area contributed by atoms with E-state index in [-0.39, 0.29) is 0 Å². The van der Waals surface area contributed by atoms with Crippen molar-refractivity contribution in [1.29, 1.82) is 0 Å². The summed E-state index contributed by atoms with van der Waals surface area (Å²) < 4.78 is 5.26. The van der Waals surface area contributed by atoms with Crippen molar-refractivity contribution in [2.45, 2.75) is 20.3 Å². The van der Waals surface area contributed by atoms with E-state index in [0.717, 1.165) is 25.3 Å². The fourth-order valence-corrected chi connectivity index (χ4v) is 2.24. The zero-order valence-electron chi connectivity index (χ0n) is 9.83. The van der Waals surface area contributed by atoms with Gasteiger partial charge in [0, 0.05) is 13.1 Å². The highest BCUT2D eigenvalue weighted by molar-refractivity contribution is 6.31. The first-order chi connectivity index (χ1) is 7.53. The van der Waals surface area contributed by atoms with Gasteiger partial charge in [0.25, 0.3) is 0 Å². The number of anilines is 1. The van der Waals surface area contributed by atoms with Crippen molar-refractivity contribution in [2.75, 3.05) is 25.1 Å². The van der Waals surface area contributed by atoms with Gasteiger partial charge >= 0.3 is 0 Å². The molecule has 1 aliphatic rings. The highest BCUT2D eigenvalue weighted by Crippen LogP contribution is 2.37. The molecule has 1 aromatic heterocycles. The Balaban J connectivity index is 2.31. The molecule has 16 heavy (non-hydrogen) atoms. The van der Waals surface area contributed by atoms with Crippen LogP contribution in [0.1, 0.15) is 20.3 Å². The van der Waals surface area contributed by atoms with Gasteiger partial charge in [-0.05, 0) is 11.8 Å². The van der Waals surface area contributed by atoms with Gasteiger partial charge in [0.2, 0.25) is 0 Å². The van der Waals surface area contributed by atoms with Crippen molar-refractivity contribution in [3.63, 3.8) is 0 Å². The summed E-state index contributed by atoms with van der Waals surface area (Å²) in [5, 5.41) is 0.372. The van der Waals surface area contributed by atoms with E-state index in [1.54, 1.807) is 7.11 Å². The first-order valence-corrected chi connectivity index (χ1v) is 5.71. The molecular formula is C11H16ClN3O. The Kier molecular flexibility index (Phi) is 2.93. The standard InChI is InChI=1S/C11H16ClN3O/c1-11(2)4-5-15(6-11)10-8(16-3)9(12)13-7-14-10/h7H,4-6H2,1-3H3. The van der Waals surface area contributed by atoms with Crippen LogP contribution in [0.15, 0.2) is 6.33 Å². The van der Waals surface area contributed by atoms with Gasteiger partial charge < -0.3 is 9.64 Å². The summed E-state index contributed by atoms with van der Waals surface area (Å²) in [6, 6.07) is 0. The van der Waals surface area contributed by atoms with Crippen LogP contribution in [-0.4, -0.2) is 30.2 Å². The second-order valence-corrected chi connectivity index (χ2v) is 5.22. The van der Waals surface area contributed by atoms with Gasteiger partial charge in [-0.3, -0.25) is 0 Å². The Morgan fingerprint density at radius 3 is 2.75 bits per heavy atom. The van der Waals surface area contributed by atoms with Crippen LogP contribution >= 0.6 is 11.6 Å². The molecule has 0 spiro atoms. The number of aromatic nitrogens is 2. The maximum atomic E-state index is 5.98. The van der Waals surface area contributed by atoms with E-state index in [1.807, 2.05) is 0 Å². The van der Waals surface area contributed by atoms with E-state index in [1.165, 1.54) is 6.33 Å². The fourth-order valence-electron chi connectivity index (χ4n) is 2.04. The number of rotatable bonds is 2. The molecule has 88 valence electrons. The van der Waals surface area contributed by atoms with E-state index in [2.05, 4.69) is 28.7 Å². The minimum atomic E-state index is 0.322. The highest BCUT2D eigenvalue weighted by Gasteiger charge is 2.31. The molecular weight excluding hydrogens is 226 g/mol. The van der Waals surface area contributed by atoms with Crippen LogP contribution in [0.5, 0.6) is 5.75 Å². The van der Waals surface area contributed by atoms with Crippen molar-refractivity contribution in [2.24, 2.45) is 5.41 Å². The molecule has 5 heteroatoms. The molecule has 1 aromatic rings. The number of halogens is 1. The summed E-state index contributed by atoms with van der Waals surface area (Å²) in [5.74, 6) is 1.37. The molecule has 0 unspecified atom stereocenters. The maximum absolute atomic E-state index is 5.98.